The molecule has 1 heterocycles. The maximum Gasteiger partial charge on any atom is 0.147 e. The Morgan fingerprint density at radius 3 is 2.38 bits per heavy atom. The van der Waals surface area contributed by atoms with Crippen molar-refractivity contribution in [3.63, 3.8) is 0 Å². The van der Waals surface area contributed by atoms with Crippen LogP contribution in [0.5, 0.6) is 0 Å². The van der Waals surface area contributed by atoms with Crippen molar-refractivity contribution in [3.05, 3.63) is 0 Å². The molecular formula is C6H9NO. The number of hydrogen-bond acceptors (Lipinski definition) is 2. The van der Waals surface area contributed by atoms with Crippen LogP contribution in [0.25, 0.3) is 0 Å². The number of nitriles is 1. The van der Waals surface area contributed by atoms with E-state index in [9.17, 15) is 0 Å². The lowest BCUT2D eigenvalue weighted by molar-refractivity contribution is -0.157. The van der Waals surface area contributed by atoms with Gasteiger partial charge < -0.3 is 4.74 Å². The van der Waals surface area contributed by atoms with Crippen LogP contribution >= 0.6 is 0 Å². The van der Waals surface area contributed by atoms with E-state index in [-0.39, 0.29) is 11.7 Å². The van der Waals surface area contributed by atoms with Gasteiger partial charge in [0.1, 0.15) is 6.10 Å². The minimum atomic E-state index is -0.134. The highest BCUT2D eigenvalue weighted by Gasteiger charge is 2.36. The van der Waals surface area contributed by atoms with Crippen molar-refractivity contribution in [1.29, 1.82) is 5.26 Å². The molecule has 8 heavy (non-hydrogen) atoms. The van der Waals surface area contributed by atoms with Crippen LogP contribution in [-0.2, 0) is 4.74 Å². The van der Waals surface area contributed by atoms with E-state index < -0.39 is 0 Å². The second kappa shape index (κ2) is 1.46. The summed E-state index contributed by atoms with van der Waals surface area (Å²) in [5.74, 6) is 0. The molecule has 2 nitrogen and oxygen atoms in total. The van der Waals surface area contributed by atoms with E-state index in [2.05, 4.69) is 0 Å². The normalized spacial score (nSPS) is 32.9. The van der Waals surface area contributed by atoms with Crippen molar-refractivity contribution in [2.24, 2.45) is 0 Å². The monoisotopic (exact) mass is 111 g/mol. The highest BCUT2D eigenvalue weighted by atomic mass is 16.5. The zero-order chi connectivity index (χ0) is 6.20. The Morgan fingerprint density at radius 1 is 1.75 bits per heavy atom. The molecule has 1 atom stereocenters. The molecule has 0 N–H and O–H groups in total. The molecule has 0 saturated carbocycles. The smallest absolute Gasteiger partial charge is 0.147 e. The molecule has 0 aliphatic carbocycles. The zero-order valence-corrected chi connectivity index (χ0v) is 5.14. The van der Waals surface area contributed by atoms with Crippen LogP contribution in [0.2, 0.25) is 0 Å². The van der Waals surface area contributed by atoms with Gasteiger partial charge in [-0.25, -0.2) is 0 Å². The largest absolute Gasteiger partial charge is 0.357 e. The van der Waals surface area contributed by atoms with Gasteiger partial charge in [0.15, 0.2) is 0 Å². The van der Waals surface area contributed by atoms with E-state index in [4.69, 9.17) is 10.00 Å². The average Bonchev–Trinajstić information content (AvgIpc) is 1.60. The van der Waals surface area contributed by atoms with Gasteiger partial charge in [0.2, 0.25) is 0 Å². The van der Waals surface area contributed by atoms with Crippen LogP contribution in [0.4, 0.5) is 0 Å². The zero-order valence-electron chi connectivity index (χ0n) is 5.14. The molecule has 0 radical (unpaired) electrons. The van der Waals surface area contributed by atoms with Crippen molar-refractivity contribution in [3.8, 4) is 6.07 Å². The van der Waals surface area contributed by atoms with Gasteiger partial charge in [0, 0.05) is 6.42 Å². The second-order valence-corrected chi connectivity index (χ2v) is 2.70. The SMILES string of the molecule is CC1(C)CC(C#N)O1. The molecule has 0 amide bonds. The molecule has 1 aliphatic heterocycles. The first-order valence-corrected chi connectivity index (χ1v) is 2.71. The summed E-state index contributed by atoms with van der Waals surface area (Å²) in [6, 6.07) is 2.03. The van der Waals surface area contributed by atoms with Gasteiger partial charge in [-0.15, -0.1) is 0 Å². The lowest BCUT2D eigenvalue weighted by Gasteiger charge is -2.38. The Hall–Kier alpha value is -0.550. The van der Waals surface area contributed by atoms with Gasteiger partial charge in [-0.05, 0) is 13.8 Å². The third kappa shape index (κ3) is 0.823. The minimum Gasteiger partial charge on any atom is -0.357 e. The van der Waals surface area contributed by atoms with E-state index in [0.29, 0.717) is 0 Å². The van der Waals surface area contributed by atoms with E-state index in [1.54, 1.807) is 0 Å². The molecule has 44 valence electrons. The van der Waals surface area contributed by atoms with E-state index in [1.807, 2.05) is 19.9 Å². The predicted molar refractivity (Wildman–Crippen MR) is 29.2 cm³/mol. The highest BCUT2D eigenvalue weighted by Crippen LogP contribution is 2.30. The number of hydrogen-bond donors (Lipinski definition) is 0. The Kier molecular flexibility index (Phi) is 1.02. The van der Waals surface area contributed by atoms with Crippen LogP contribution in [-0.4, -0.2) is 11.7 Å². The molecule has 1 saturated heterocycles. The first kappa shape index (κ1) is 5.58. The predicted octanol–water partition coefficient (Wildman–Crippen LogP) is 1.08. The molecule has 2 heteroatoms. The quantitative estimate of drug-likeness (QED) is 0.468. The topological polar surface area (TPSA) is 33.0 Å². The summed E-state index contributed by atoms with van der Waals surface area (Å²) in [7, 11) is 0. The molecule has 0 spiro atoms. The van der Waals surface area contributed by atoms with Gasteiger partial charge in [-0.1, -0.05) is 0 Å². The van der Waals surface area contributed by atoms with Crippen LogP contribution in [0.15, 0.2) is 0 Å². The van der Waals surface area contributed by atoms with Gasteiger partial charge in [-0.3, -0.25) is 0 Å². The number of nitrogens with zero attached hydrogens (tertiary/aromatic N) is 1. The molecule has 1 fully saturated rings. The van der Waals surface area contributed by atoms with E-state index in [1.165, 1.54) is 0 Å². The highest BCUT2D eigenvalue weighted by molar-refractivity contribution is 4.98. The first-order chi connectivity index (χ1) is 3.64. The molecule has 0 bridgehead atoms. The van der Waals surface area contributed by atoms with Crippen molar-refractivity contribution < 1.29 is 4.74 Å². The van der Waals surface area contributed by atoms with Gasteiger partial charge in [-0.2, -0.15) is 5.26 Å². The summed E-state index contributed by atoms with van der Waals surface area (Å²) < 4.78 is 5.11. The fourth-order valence-corrected chi connectivity index (χ4v) is 0.894. The molecule has 0 aromatic rings. The molecule has 1 unspecified atom stereocenters. The fraction of sp³-hybridized carbons (Fsp3) is 0.833. The average molecular weight is 111 g/mol. The number of ether oxygens (including phenoxy) is 1. The third-order valence-electron chi connectivity index (χ3n) is 1.28. The van der Waals surface area contributed by atoms with Crippen molar-refractivity contribution >= 4 is 0 Å². The third-order valence-corrected chi connectivity index (χ3v) is 1.28. The first-order valence-electron chi connectivity index (χ1n) is 2.71. The summed E-state index contributed by atoms with van der Waals surface area (Å²) in [5.41, 5.74) is -0.0274. The summed E-state index contributed by atoms with van der Waals surface area (Å²) in [5, 5.41) is 8.24. The molecular weight excluding hydrogens is 102 g/mol. The lowest BCUT2D eigenvalue weighted by Crippen LogP contribution is -2.44. The standard InChI is InChI=1S/C6H9NO/c1-6(2)3-5(4-7)8-6/h5H,3H2,1-2H3. The maximum atomic E-state index is 8.24. The molecule has 1 aliphatic rings. The van der Waals surface area contributed by atoms with Crippen molar-refractivity contribution in [2.45, 2.75) is 32.0 Å². The number of rotatable bonds is 0. The lowest BCUT2D eigenvalue weighted by atomic mass is 9.94. The summed E-state index contributed by atoms with van der Waals surface area (Å²) in [6.07, 6.45) is 0.744. The van der Waals surface area contributed by atoms with Crippen LogP contribution < -0.4 is 0 Å². The van der Waals surface area contributed by atoms with Gasteiger partial charge in [0.25, 0.3) is 0 Å². The van der Waals surface area contributed by atoms with Crippen molar-refractivity contribution in [2.75, 3.05) is 0 Å². The Balaban J connectivity index is 2.34. The maximum absolute atomic E-state index is 8.24. The van der Waals surface area contributed by atoms with E-state index in [0.717, 1.165) is 6.42 Å². The van der Waals surface area contributed by atoms with Crippen LogP contribution in [0.1, 0.15) is 20.3 Å². The Labute approximate surface area is 49.1 Å². The molecule has 1 rings (SSSR count). The molecule has 0 aromatic heterocycles. The van der Waals surface area contributed by atoms with Gasteiger partial charge >= 0.3 is 0 Å². The Morgan fingerprint density at radius 2 is 2.25 bits per heavy atom. The Bertz CT molecular complexity index is 126. The summed E-state index contributed by atoms with van der Waals surface area (Å²) in [6.45, 7) is 3.97. The molecule has 0 aromatic carbocycles. The summed E-state index contributed by atoms with van der Waals surface area (Å²) in [4.78, 5) is 0. The van der Waals surface area contributed by atoms with Crippen LogP contribution in [0, 0.1) is 11.3 Å². The summed E-state index contributed by atoms with van der Waals surface area (Å²) >= 11 is 0. The fourth-order valence-electron chi connectivity index (χ4n) is 0.894. The minimum absolute atomic E-state index is 0.0274. The second-order valence-electron chi connectivity index (χ2n) is 2.70. The van der Waals surface area contributed by atoms with Gasteiger partial charge in [0.05, 0.1) is 11.7 Å². The van der Waals surface area contributed by atoms with Crippen molar-refractivity contribution in [1.82, 2.24) is 0 Å². The van der Waals surface area contributed by atoms with Crippen LogP contribution in [0.3, 0.4) is 0 Å². The van der Waals surface area contributed by atoms with E-state index >= 15 is 0 Å².